The largest absolute Gasteiger partial charge is 0.497 e. The van der Waals surface area contributed by atoms with Gasteiger partial charge in [-0.05, 0) is 69.9 Å². The molecule has 0 saturated carbocycles. The van der Waals surface area contributed by atoms with Crippen LogP contribution in [0.25, 0.3) is 10.9 Å². The van der Waals surface area contributed by atoms with Crippen LogP contribution >= 0.6 is 0 Å². The van der Waals surface area contributed by atoms with Crippen molar-refractivity contribution >= 4 is 17.0 Å². The van der Waals surface area contributed by atoms with Crippen molar-refractivity contribution in [2.75, 3.05) is 13.7 Å². The highest BCUT2D eigenvalue weighted by Crippen LogP contribution is 2.26. The Hall–Kier alpha value is -2.38. The van der Waals surface area contributed by atoms with E-state index in [0.717, 1.165) is 35.1 Å². The number of aromatic nitrogens is 1. The minimum absolute atomic E-state index is 0.0412. The van der Waals surface area contributed by atoms with Crippen molar-refractivity contribution in [2.24, 2.45) is 5.73 Å². The van der Waals surface area contributed by atoms with Crippen molar-refractivity contribution in [3.63, 3.8) is 0 Å². The number of amides is 1. The number of ether oxygens (including phenoxy) is 3. The summed E-state index contributed by atoms with van der Waals surface area (Å²) in [6.07, 6.45) is 3.45. The molecule has 29 heavy (non-hydrogen) atoms. The van der Waals surface area contributed by atoms with Gasteiger partial charge in [-0.3, -0.25) is 4.98 Å². The standard InChI is InChI=1S/C22H31N3O4/c1-22(2,3)29-21(26)25-19(20-8-5-15(23)13-28-20)11-14-9-10-24-18-7-6-16(27-4)12-17(14)18/h6-7,9-10,12,15,19-20H,5,8,11,13,23H2,1-4H3,(H,25,26)/t15-,19?,20+/m1/s1. The van der Waals surface area contributed by atoms with E-state index in [4.69, 9.17) is 19.9 Å². The molecule has 158 valence electrons. The van der Waals surface area contributed by atoms with Crippen LogP contribution in [0.15, 0.2) is 30.5 Å². The van der Waals surface area contributed by atoms with E-state index in [9.17, 15) is 4.79 Å². The van der Waals surface area contributed by atoms with Crippen molar-refractivity contribution in [1.29, 1.82) is 0 Å². The first-order valence-corrected chi connectivity index (χ1v) is 10.0. The van der Waals surface area contributed by atoms with E-state index in [1.54, 1.807) is 13.3 Å². The molecule has 2 aromatic rings. The van der Waals surface area contributed by atoms with Crippen LogP contribution < -0.4 is 15.8 Å². The van der Waals surface area contributed by atoms with Crippen molar-refractivity contribution in [1.82, 2.24) is 10.3 Å². The molecule has 3 rings (SSSR count). The predicted octanol–water partition coefficient (Wildman–Crippen LogP) is 3.19. The lowest BCUT2D eigenvalue weighted by Gasteiger charge is -2.34. The van der Waals surface area contributed by atoms with Crippen molar-refractivity contribution in [2.45, 2.75) is 63.8 Å². The maximum Gasteiger partial charge on any atom is 0.407 e. The number of carbonyl (C=O) groups is 1. The van der Waals surface area contributed by atoms with E-state index in [1.807, 2.05) is 45.0 Å². The molecule has 3 N–H and O–H groups in total. The zero-order valence-electron chi connectivity index (χ0n) is 17.6. The number of methoxy groups -OCH3 is 1. The fraction of sp³-hybridized carbons (Fsp3) is 0.545. The van der Waals surface area contributed by atoms with Crippen LogP contribution in [-0.2, 0) is 15.9 Å². The molecule has 1 fully saturated rings. The van der Waals surface area contributed by atoms with E-state index >= 15 is 0 Å². The zero-order valence-corrected chi connectivity index (χ0v) is 17.6. The van der Waals surface area contributed by atoms with Crippen LogP contribution in [0.3, 0.4) is 0 Å². The Morgan fingerprint density at radius 1 is 1.34 bits per heavy atom. The number of nitrogens with one attached hydrogen (secondary N) is 1. The van der Waals surface area contributed by atoms with Gasteiger partial charge in [-0.25, -0.2) is 4.79 Å². The molecule has 1 unspecified atom stereocenters. The third-order valence-corrected chi connectivity index (χ3v) is 4.98. The maximum atomic E-state index is 12.5. The van der Waals surface area contributed by atoms with Gasteiger partial charge in [-0.1, -0.05) is 0 Å². The fourth-order valence-electron chi connectivity index (χ4n) is 3.57. The summed E-state index contributed by atoms with van der Waals surface area (Å²) in [6.45, 7) is 6.03. The van der Waals surface area contributed by atoms with E-state index in [2.05, 4.69) is 10.3 Å². The summed E-state index contributed by atoms with van der Waals surface area (Å²) >= 11 is 0. The van der Waals surface area contributed by atoms with Crippen molar-refractivity contribution in [3.05, 3.63) is 36.0 Å². The van der Waals surface area contributed by atoms with Crippen LogP contribution in [0, 0.1) is 0 Å². The van der Waals surface area contributed by atoms with E-state index in [-0.39, 0.29) is 18.2 Å². The minimum atomic E-state index is -0.568. The second-order valence-corrected chi connectivity index (χ2v) is 8.52. The highest BCUT2D eigenvalue weighted by molar-refractivity contribution is 5.83. The molecular weight excluding hydrogens is 370 g/mol. The topological polar surface area (TPSA) is 95.7 Å². The molecule has 1 aromatic carbocycles. The van der Waals surface area contributed by atoms with Gasteiger partial charge in [0.2, 0.25) is 0 Å². The monoisotopic (exact) mass is 401 g/mol. The molecule has 7 nitrogen and oxygen atoms in total. The Bertz CT molecular complexity index is 842. The van der Waals surface area contributed by atoms with E-state index < -0.39 is 11.7 Å². The molecule has 1 saturated heterocycles. The molecule has 2 heterocycles. The van der Waals surface area contributed by atoms with Gasteiger partial charge >= 0.3 is 6.09 Å². The quantitative estimate of drug-likeness (QED) is 0.799. The average molecular weight is 402 g/mol. The number of nitrogens with two attached hydrogens (primary N) is 1. The molecule has 7 heteroatoms. The first-order chi connectivity index (χ1) is 13.7. The summed E-state index contributed by atoms with van der Waals surface area (Å²) < 4.78 is 16.8. The van der Waals surface area contributed by atoms with Crippen molar-refractivity contribution < 1.29 is 19.0 Å². The van der Waals surface area contributed by atoms with Gasteiger partial charge < -0.3 is 25.3 Å². The van der Waals surface area contributed by atoms with E-state index in [0.29, 0.717) is 13.0 Å². The molecular formula is C22H31N3O4. The maximum absolute atomic E-state index is 12.5. The third kappa shape index (κ3) is 5.81. The smallest absolute Gasteiger partial charge is 0.407 e. The number of fused-ring (bicyclic) bond motifs is 1. The van der Waals surface area contributed by atoms with Gasteiger partial charge in [0.05, 0.1) is 31.4 Å². The first-order valence-electron chi connectivity index (χ1n) is 10.0. The third-order valence-electron chi connectivity index (χ3n) is 4.98. The Morgan fingerprint density at radius 3 is 2.79 bits per heavy atom. The lowest BCUT2D eigenvalue weighted by Crippen LogP contribution is -2.50. The number of rotatable bonds is 5. The van der Waals surface area contributed by atoms with Crippen LogP contribution in [0.5, 0.6) is 5.75 Å². The molecule has 1 aliphatic heterocycles. The number of carbonyl (C=O) groups excluding carboxylic acids is 1. The van der Waals surface area contributed by atoms with Gasteiger partial charge in [0.15, 0.2) is 0 Å². The van der Waals surface area contributed by atoms with Gasteiger partial charge in [0.1, 0.15) is 11.4 Å². The fourth-order valence-corrected chi connectivity index (χ4v) is 3.57. The Labute approximate surface area is 171 Å². The van der Waals surface area contributed by atoms with Gasteiger partial charge in [-0.15, -0.1) is 0 Å². The molecule has 1 amide bonds. The summed E-state index contributed by atoms with van der Waals surface area (Å²) in [5, 5.41) is 4.02. The second kappa shape index (κ2) is 8.97. The number of alkyl carbamates (subject to hydrolysis) is 1. The molecule has 1 aromatic heterocycles. The van der Waals surface area contributed by atoms with Crippen molar-refractivity contribution in [3.8, 4) is 5.75 Å². The molecule has 0 bridgehead atoms. The number of hydrogen-bond acceptors (Lipinski definition) is 6. The molecule has 1 aliphatic rings. The summed E-state index contributed by atoms with van der Waals surface area (Å²) in [5.41, 5.74) is 7.36. The molecule has 3 atom stereocenters. The lowest BCUT2D eigenvalue weighted by molar-refractivity contribution is -0.0203. The SMILES string of the molecule is COc1ccc2nccc(CC(NC(=O)OC(C)(C)C)[C@@H]3CC[C@@H](N)CO3)c2c1. The van der Waals surface area contributed by atoms with E-state index in [1.165, 1.54) is 0 Å². The summed E-state index contributed by atoms with van der Waals surface area (Å²) in [7, 11) is 1.64. The molecule has 0 spiro atoms. The van der Waals surface area contributed by atoms with Gasteiger partial charge in [0, 0.05) is 17.6 Å². The predicted molar refractivity (Wildman–Crippen MR) is 112 cm³/mol. The van der Waals surface area contributed by atoms with Gasteiger partial charge in [-0.2, -0.15) is 0 Å². The van der Waals surface area contributed by atoms with Crippen LogP contribution in [0.4, 0.5) is 4.79 Å². The number of pyridine rings is 1. The lowest BCUT2D eigenvalue weighted by atomic mass is 9.93. The summed E-state index contributed by atoms with van der Waals surface area (Å²) in [5.74, 6) is 0.767. The second-order valence-electron chi connectivity index (χ2n) is 8.52. The van der Waals surface area contributed by atoms with Crippen LogP contribution in [-0.4, -0.2) is 48.6 Å². The highest BCUT2D eigenvalue weighted by atomic mass is 16.6. The molecule has 0 aliphatic carbocycles. The Balaban J connectivity index is 1.86. The summed E-state index contributed by atoms with van der Waals surface area (Å²) in [6, 6.07) is 7.57. The summed E-state index contributed by atoms with van der Waals surface area (Å²) in [4.78, 5) is 16.9. The number of nitrogens with zero attached hydrogens (tertiary/aromatic N) is 1. The minimum Gasteiger partial charge on any atom is -0.497 e. The van der Waals surface area contributed by atoms with Crippen LogP contribution in [0.2, 0.25) is 0 Å². The van der Waals surface area contributed by atoms with Gasteiger partial charge in [0.25, 0.3) is 0 Å². The number of hydrogen-bond donors (Lipinski definition) is 2. The zero-order chi connectivity index (χ0) is 21.0. The highest BCUT2D eigenvalue weighted by Gasteiger charge is 2.30. The average Bonchev–Trinajstić information content (AvgIpc) is 2.66. The Morgan fingerprint density at radius 2 is 2.14 bits per heavy atom. The molecule has 0 radical (unpaired) electrons. The number of benzene rings is 1. The Kier molecular flexibility index (Phi) is 6.59. The van der Waals surface area contributed by atoms with Crippen LogP contribution in [0.1, 0.15) is 39.2 Å². The normalized spacial score (nSPS) is 20.9. The first kappa shape index (κ1) is 21.3.